The summed E-state index contributed by atoms with van der Waals surface area (Å²) in [5.41, 5.74) is 0.874. The molecule has 0 unspecified atom stereocenters. The highest BCUT2D eigenvalue weighted by atomic mass is 32.2. The maximum Gasteiger partial charge on any atom is 0.214 e. The summed E-state index contributed by atoms with van der Waals surface area (Å²) in [5.74, 6) is 0.539. The second-order valence-electron chi connectivity index (χ2n) is 4.66. The Hall–Kier alpha value is -1.66. The normalized spacial score (nSPS) is 17.3. The molecule has 1 aliphatic rings. The molecular weight excluding hydrogens is 264 g/mol. The third-order valence-electron chi connectivity index (χ3n) is 3.14. The standard InChI is InChI=1S/C13H14N2O3S/c1-19(16,17)15-8-11(9-15)18-13-7-6-10-4-2-3-5-12(10)14-13/h2-7,11H,8-9H2,1H3. The molecular formula is C13H14N2O3S. The van der Waals surface area contributed by atoms with E-state index in [1.54, 1.807) is 0 Å². The molecule has 0 spiro atoms. The largest absolute Gasteiger partial charge is 0.472 e. The van der Waals surface area contributed by atoms with Crippen LogP contribution in [0.2, 0.25) is 0 Å². The van der Waals surface area contributed by atoms with E-state index in [2.05, 4.69) is 4.98 Å². The number of rotatable bonds is 3. The molecule has 1 fully saturated rings. The maximum atomic E-state index is 11.2. The van der Waals surface area contributed by atoms with Gasteiger partial charge in [-0.1, -0.05) is 18.2 Å². The number of fused-ring (bicyclic) bond motifs is 1. The van der Waals surface area contributed by atoms with Gasteiger partial charge in [0.1, 0.15) is 6.10 Å². The van der Waals surface area contributed by atoms with Gasteiger partial charge < -0.3 is 4.74 Å². The van der Waals surface area contributed by atoms with Crippen molar-refractivity contribution in [1.82, 2.24) is 9.29 Å². The van der Waals surface area contributed by atoms with Crippen molar-refractivity contribution >= 4 is 20.9 Å². The lowest BCUT2D eigenvalue weighted by molar-refractivity contribution is 0.0729. The van der Waals surface area contributed by atoms with Crippen molar-refractivity contribution in [2.24, 2.45) is 0 Å². The predicted molar refractivity (Wildman–Crippen MR) is 72.6 cm³/mol. The summed E-state index contributed by atoms with van der Waals surface area (Å²) in [6.07, 6.45) is 1.10. The van der Waals surface area contributed by atoms with Crippen LogP contribution >= 0.6 is 0 Å². The van der Waals surface area contributed by atoms with Gasteiger partial charge in [-0.15, -0.1) is 0 Å². The van der Waals surface area contributed by atoms with E-state index >= 15 is 0 Å². The van der Waals surface area contributed by atoms with Gasteiger partial charge in [-0.05, 0) is 12.1 Å². The number of benzene rings is 1. The molecule has 1 aromatic heterocycles. The fourth-order valence-electron chi connectivity index (χ4n) is 2.03. The molecule has 2 heterocycles. The van der Waals surface area contributed by atoms with Crippen molar-refractivity contribution in [3.05, 3.63) is 36.4 Å². The third-order valence-corrected chi connectivity index (χ3v) is 4.38. The van der Waals surface area contributed by atoms with E-state index in [4.69, 9.17) is 4.74 Å². The predicted octanol–water partition coefficient (Wildman–Crippen LogP) is 1.26. The van der Waals surface area contributed by atoms with Crippen LogP contribution in [0.4, 0.5) is 0 Å². The number of para-hydroxylation sites is 1. The molecule has 0 bridgehead atoms. The smallest absolute Gasteiger partial charge is 0.214 e. The second kappa shape index (κ2) is 4.47. The summed E-state index contributed by atoms with van der Waals surface area (Å²) in [4.78, 5) is 4.39. The lowest BCUT2D eigenvalue weighted by Gasteiger charge is -2.36. The lowest BCUT2D eigenvalue weighted by Crippen LogP contribution is -2.55. The summed E-state index contributed by atoms with van der Waals surface area (Å²) < 4.78 is 29.5. The van der Waals surface area contributed by atoms with Gasteiger partial charge in [0.25, 0.3) is 0 Å². The molecule has 0 saturated carbocycles. The number of pyridine rings is 1. The molecule has 2 aromatic rings. The summed E-state index contributed by atoms with van der Waals surface area (Å²) in [6.45, 7) is 0.792. The van der Waals surface area contributed by atoms with Gasteiger partial charge in [0, 0.05) is 11.5 Å². The Balaban J connectivity index is 1.70. The van der Waals surface area contributed by atoms with Crippen LogP contribution in [0.5, 0.6) is 5.88 Å². The molecule has 0 N–H and O–H groups in total. The number of sulfonamides is 1. The average Bonchev–Trinajstić information content (AvgIpc) is 2.31. The molecule has 6 heteroatoms. The summed E-state index contributed by atoms with van der Waals surface area (Å²) >= 11 is 0. The van der Waals surface area contributed by atoms with Crippen molar-refractivity contribution in [2.75, 3.05) is 19.3 Å². The van der Waals surface area contributed by atoms with Gasteiger partial charge in [0.2, 0.25) is 15.9 Å². The van der Waals surface area contributed by atoms with Crippen molar-refractivity contribution in [3.63, 3.8) is 0 Å². The topological polar surface area (TPSA) is 59.5 Å². The molecule has 5 nitrogen and oxygen atoms in total. The Kier molecular flexibility index (Phi) is 2.91. The Labute approximate surface area is 111 Å². The van der Waals surface area contributed by atoms with Crippen LogP contribution < -0.4 is 4.74 Å². The average molecular weight is 278 g/mol. The van der Waals surface area contributed by atoms with Crippen LogP contribution in [0.1, 0.15) is 0 Å². The Morgan fingerprint density at radius 1 is 1.21 bits per heavy atom. The first-order chi connectivity index (χ1) is 9.02. The molecule has 1 aliphatic heterocycles. The van der Waals surface area contributed by atoms with E-state index < -0.39 is 10.0 Å². The zero-order valence-corrected chi connectivity index (χ0v) is 11.3. The highest BCUT2D eigenvalue weighted by molar-refractivity contribution is 7.88. The van der Waals surface area contributed by atoms with Gasteiger partial charge in [-0.25, -0.2) is 13.4 Å². The van der Waals surface area contributed by atoms with Crippen LogP contribution in [0.3, 0.4) is 0 Å². The van der Waals surface area contributed by atoms with Gasteiger partial charge in [-0.2, -0.15) is 4.31 Å². The van der Waals surface area contributed by atoms with Gasteiger partial charge in [-0.3, -0.25) is 0 Å². The first kappa shape index (κ1) is 12.4. The Bertz CT molecular complexity index is 709. The van der Waals surface area contributed by atoms with Crippen molar-refractivity contribution in [2.45, 2.75) is 6.10 Å². The number of ether oxygens (including phenoxy) is 1. The highest BCUT2D eigenvalue weighted by Crippen LogP contribution is 2.21. The zero-order valence-electron chi connectivity index (χ0n) is 10.5. The van der Waals surface area contributed by atoms with Crippen molar-refractivity contribution < 1.29 is 13.2 Å². The number of nitrogens with zero attached hydrogens (tertiary/aromatic N) is 2. The number of hydrogen-bond donors (Lipinski definition) is 0. The van der Waals surface area contributed by atoms with E-state index in [1.165, 1.54) is 10.6 Å². The van der Waals surface area contributed by atoms with Crippen LogP contribution in [0.15, 0.2) is 36.4 Å². The molecule has 1 aromatic carbocycles. The van der Waals surface area contributed by atoms with Gasteiger partial charge >= 0.3 is 0 Å². The van der Waals surface area contributed by atoms with Crippen molar-refractivity contribution in [3.8, 4) is 5.88 Å². The van der Waals surface area contributed by atoms with E-state index in [-0.39, 0.29) is 6.10 Å². The summed E-state index contributed by atoms with van der Waals surface area (Å²) in [5, 5.41) is 1.06. The van der Waals surface area contributed by atoms with Crippen molar-refractivity contribution in [1.29, 1.82) is 0 Å². The fourth-order valence-corrected chi connectivity index (χ4v) is 2.90. The molecule has 0 atom stereocenters. The maximum absolute atomic E-state index is 11.2. The summed E-state index contributed by atoms with van der Waals surface area (Å²) in [7, 11) is -3.09. The first-order valence-electron chi connectivity index (χ1n) is 6.00. The molecule has 0 aliphatic carbocycles. The molecule has 3 rings (SSSR count). The van der Waals surface area contributed by atoms with E-state index in [0.29, 0.717) is 19.0 Å². The van der Waals surface area contributed by atoms with Crippen LogP contribution in [0, 0.1) is 0 Å². The fraction of sp³-hybridized carbons (Fsp3) is 0.308. The SMILES string of the molecule is CS(=O)(=O)N1CC(Oc2ccc3ccccc3n2)C1. The van der Waals surface area contributed by atoms with Crippen LogP contribution in [-0.2, 0) is 10.0 Å². The minimum Gasteiger partial charge on any atom is -0.472 e. The van der Waals surface area contributed by atoms with Gasteiger partial charge in [0.05, 0.1) is 24.9 Å². The lowest BCUT2D eigenvalue weighted by atomic mass is 10.2. The minimum atomic E-state index is -3.09. The number of hydrogen-bond acceptors (Lipinski definition) is 4. The zero-order chi connectivity index (χ0) is 13.5. The Morgan fingerprint density at radius 3 is 2.68 bits per heavy atom. The molecule has 100 valence electrons. The molecule has 19 heavy (non-hydrogen) atoms. The van der Waals surface area contributed by atoms with Crippen LogP contribution in [-0.4, -0.2) is 43.2 Å². The third kappa shape index (κ3) is 2.54. The summed E-state index contributed by atoms with van der Waals surface area (Å²) in [6, 6.07) is 11.6. The quantitative estimate of drug-likeness (QED) is 0.848. The van der Waals surface area contributed by atoms with E-state index in [9.17, 15) is 8.42 Å². The second-order valence-corrected chi connectivity index (χ2v) is 6.64. The minimum absolute atomic E-state index is 0.108. The number of aromatic nitrogens is 1. The van der Waals surface area contributed by atoms with Gasteiger partial charge in [0.15, 0.2) is 0 Å². The van der Waals surface area contributed by atoms with E-state index in [0.717, 1.165) is 10.9 Å². The Morgan fingerprint density at radius 2 is 1.95 bits per heavy atom. The molecule has 0 radical (unpaired) electrons. The highest BCUT2D eigenvalue weighted by Gasteiger charge is 2.34. The molecule has 0 amide bonds. The molecule has 1 saturated heterocycles. The van der Waals surface area contributed by atoms with E-state index in [1.807, 2.05) is 36.4 Å². The first-order valence-corrected chi connectivity index (χ1v) is 7.85. The monoisotopic (exact) mass is 278 g/mol. The van der Waals surface area contributed by atoms with Crippen LogP contribution in [0.25, 0.3) is 10.9 Å².